The maximum atomic E-state index is 5.83. The zero-order valence-corrected chi connectivity index (χ0v) is 12.3. The first-order chi connectivity index (χ1) is 9.63. The van der Waals surface area contributed by atoms with Gasteiger partial charge in [0.05, 0.1) is 6.20 Å². The van der Waals surface area contributed by atoms with E-state index in [-0.39, 0.29) is 5.92 Å². The summed E-state index contributed by atoms with van der Waals surface area (Å²) in [4.78, 5) is 8.78. The van der Waals surface area contributed by atoms with Gasteiger partial charge in [-0.1, -0.05) is 32.9 Å². The van der Waals surface area contributed by atoms with E-state index in [0.29, 0.717) is 12.3 Å². The molecule has 0 aliphatic rings. The van der Waals surface area contributed by atoms with Crippen molar-refractivity contribution in [2.45, 2.75) is 39.7 Å². The Bertz CT molecular complexity index is 564. The predicted molar refractivity (Wildman–Crippen MR) is 79.9 cm³/mol. The van der Waals surface area contributed by atoms with Crippen LogP contribution in [0.4, 0.5) is 0 Å². The lowest BCUT2D eigenvalue weighted by atomic mass is 10.2. The van der Waals surface area contributed by atoms with Crippen LogP contribution in [0.25, 0.3) is 0 Å². The van der Waals surface area contributed by atoms with Gasteiger partial charge in [-0.3, -0.25) is 0 Å². The number of aromatic nitrogens is 2. The molecule has 2 rings (SSSR count). The van der Waals surface area contributed by atoms with Crippen molar-refractivity contribution in [3.8, 4) is 11.5 Å². The minimum absolute atomic E-state index is 0.276. The topological polar surface area (TPSA) is 61.0 Å². The zero-order valence-electron chi connectivity index (χ0n) is 12.3. The largest absolute Gasteiger partial charge is 0.454 e. The van der Waals surface area contributed by atoms with Crippen molar-refractivity contribution in [2.75, 3.05) is 0 Å². The molecule has 1 aromatic carbocycles. The summed E-state index contributed by atoms with van der Waals surface area (Å²) in [5.74, 6) is 2.47. The number of hydrogen-bond donors (Lipinski definition) is 1. The van der Waals surface area contributed by atoms with Crippen LogP contribution in [0, 0.1) is 0 Å². The Balaban J connectivity index is 2.23. The Morgan fingerprint density at radius 3 is 2.45 bits per heavy atom. The highest BCUT2D eigenvalue weighted by Gasteiger charge is 2.10. The molecule has 0 unspecified atom stereocenters. The number of nitrogens with zero attached hydrogens (tertiary/aromatic N) is 2. The number of rotatable bonds is 5. The van der Waals surface area contributed by atoms with Crippen molar-refractivity contribution in [1.29, 1.82) is 0 Å². The summed E-state index contributed by atoms with van der Waals surface area (Å²) in [6.45, 7) is 6.57. The Hall–Kier alpha value is -1.94. The van der Waals surface area contributed by atoms with Gasteiger partial charge in [0.15, 0.2) is 5.75 Å². The Morgan fingerprint density at radius 1 is 1.20 bits per heavy atom. The summed E-state index contributed by atoms with van der Waals surface area (Å²) >= 11 is 0. The SMILES string of the molecule is CCc1ccc(Oc2cnc(C(C)C)nc2CN)cc1. The molecule has 0 aliphatic heterocycles. The molecular formula is C16H21N3O. The van der Waals surface area contributed by atoms with E-state index in [1.54, 1.807) is 6.20 Å². The van der Waals surface area contributed by atoms with E-state index < -0.39 is 0 Å². The fourth-order valence-electron chi connectivity index (χ4n) is 1.85. The fraction of sp³-hybridized carbons (Fsp3) is 0.375. The van der Waals surface area contributed by atoms with Crippen LogP contribution in [-0.2, 0) is 13.0 Å². The van der Waals surface area contributed by atoms with Gasteiger partial charge in [0, 0.05) is 12.5 Å². The van der Waals surface area contributed by atoms with Crippen molar-refractivity contribution in [3.63, 3.8) is 0 Å². The Labute approximate surface area is 120 Å². The number of aryl methyl sites for hydroxylation is 1. The number of ether oxygens (including phenoxy) is 1. The molecule has 1 aromatic heterocycles. The van der Waals surface area contributed by atoms with E-state index in [4.69, 9.17) is 10.5 Å². The quantitative estimate of drug-likeness (QED) is 0.905. The van der Waals surface area contributed by atoms with Crippen LogP contribution >= 0.6 is 0 Å². The number of nitrogens with two attached hydrogens (primary N) is 1. The zero-order chi connectivity index (χ0) is 14.5. The van der Waals surface area contributed by atoms with Gasteiger partial charge < -0.3 is 10.5 Å². The van der Waals surface area contributed by atoms with Crippen molar-refractivity contribution in [1.82, 2.24) is 9.97 Å². The second-order valence-electron chi connectivity index (χ2n) is 5.00. The molecule has 4 nitrogen and oxygen atoms in total. The number of benzene rings is 1. The standard InChI is InChI=1S/C16H21N3O/c1-4-12-5-7-13(8-6-12)20-15-10-18-16(11(2)3)19-14(15)9-17/h5-8,10-11H,4,9,17H2,1-3H3. The highest BCUT2D eigenvalue weighted by molar-refractivity contribution is 5.34. The van der Waals surface area contributed by atoms with E-state index in [2.05, 4.69) is 42.9 Å². The van der Waals surface area contributed by atoms with Crippen LogP contribution < -0.4 is 10.5 Å². The maximum Gasteiger partial charge on any atom is 0.168 e. The first-order valence-corrected chi connectivity index (χ1v) is 6.96. The molecule has 0 saturated heterocycles. The van der Waals surface area contributed by atoms with Crippen molar-refractivity contribution < 1.29 is 4.74 Å². The fourth-order valence-corrected chi connectivity index (χ4v) is 1.85. The molecule has 0 amide bonds. The summed E-state index contributed by atoms with van der Waals surface area (Å²) in [7, 11) is 0. The Morgan fingerprint density at radius 2 is 1.90 bits per heavy atom. The summed E-state index contributed by atoms with van der Waals surface area (Å²) in [5, 5.41) is 0. The van der Waals surface area contributed by atoms with E-state index in [0.717, 1.165) is 23.7 Å². The monoisotopic (exact) mass is 271 g/mol. The van der Waals surface area contributed by atoms with Gasteiger partial charge in [-0.05, 0) is 24.1 Å². The molecule has 0 spiro atoms. The summed E-state index contributed by atoms with van der Waals surface area (Å²) in [6, 6.07) is 8.02. The van der Waals surface area contributed by atoms with Gasteiger partial charge in [-0.2, -0.15) is 0 Å². The molecule has 106 valence electrons. The van der Waals surface area contributed by atoms with Gasteiger partial charge in [-0.15, -0.1) is 0 Å². The number of hydrogen-bond acceptors (Lipinski definition) is 4. The summed E-state index contributed by atoms with van der Waals surface area (Å²) < 4.78 is 5.83. The smallest absolute Gasteiger partial charge is 0.168 e. The lowest BCUT2D eigenvalue weighted by molar-refractivity contribution is 0.467. The van der Waals surface area contributed by atoms with E-state index >= 15 is 0 Å². The molecule has 2 N–H and O–H groups in total. The van der Waals surface area contributed by atoms with Gasteiger partial charge in [0.25, 0.3) is 0 Å². The van der Waals surface area contributed by atoms with Crippen LogP contribution in [-0.4, -0.2) is 9.97 Å². The van der Waals surface area contributed by atoms with Crippen LogP contribution in [0.2, 0.25) is 0 Å². The molecule has 4 heteroatoms. The molecule has 0 aliphatic carbocycles. The van der Waals surface area contributed by atoms with Crippen molar-refractivity contribution in [3.05, 3.63) is 47.5 Å². The first-order valence-electron chi connectivity index (χ1n) is 6.96. The third-order valence-corrected chi connectivity index (χ3v) is 3.12. The lowest BCUT2D eigenvalue weighted by Crippen LogP contribution is -2.07. The van der Waals surface area contributed by atoms with Gasteiger partial charge in [0.1, 0.15) is 17.3 Å². The minimum atomic E-state index is 0.276. The van der Waals surface area contributed by atoms with Crippen molar-refractivity contribution in [2.24, 2.45) is 5.73 Å². The molecule has 20 heavy (non-hydrogen) atoms. The van der Waals surface area contributed by atoms with Crippen LogP contribution in [0.3, 0.4) is 0 Å². The molecule has 0 saturated carbocycles. The van der Waals surface area contributed by atoms with Crippen LogP contribution in [0.1, 0.15) is 43.8 Å². The third-order valence-electron chi connectivity index (χ3n) is 3.12. The van der Waals surface area contributed by atoms with Crippen LogP contribution in [0.5, 0.6) is 11.5 Å². The first kappa shape index (κ1) is 14.5. The minimum Gasteiger partial charge on any atom is -0.454 e. The Kier molecular flexibility index (Phi) is 4.69. The van der Waals surface area contributed by atoms with E-state index in [9.17, 15) is 0 Å². The summed E-state index contributed by atoms with van der Waals surface area (Å²) in [6.07, 6.45) is 2.72. The summed E-state index contributed by atoms with van der Waals surface area (Å²) in [5.41, 5.74) is 7.77. The lowest BCUT2D eigenvalue weighted by Gasteiger charge is -2.11. The van der Waals surface area contributed by atoms with Crippen LogP contribution in [0.15, 0.2) is 30.5 Å². The molecule has 0 fully saturated rings. The maximum absolute atomic E-state index is 5.83. The normalized spacial score (nSPS) is 10.8. The van der Waals surface area contributed by atoms with E-state index in [1.165, 1.54) is 5.56 Å². The molecule has 0 bridgehead atoms. The van der Waals surface area contributed by atoms with Gasteiger partial charge in [0.2, 0.25) is 0 Å². The second-order valence-corrected chi connectivity index (χ2v) is 5.00. The highest BCUT2D eigenvalue weighted by atomic mass is 16.5. The average molecular weight is 271 g/mol. The van der Waals surface area contributed by atoms with E-state index in [1.807, 2.05) is 12.1 Å². The molecule has 2 aromatic rings. The molecule has 1 heterocycles. The average Bonchev–Trinajstić information content (AvgIpc) is 2.48. The van der Waals surface area contributed by atoms with Crippen molar-refractivity contribution >= 4 is 0 Å². The third kappa shape index (κ3) is 3.33. The molecular weight excluding hydrogens is 250 g/mol. The second kappa shape index (κ2) is 6.48. The van der Waals surface area contributed by atoms with Gasteiger partial charge >= 0.3 is 0 Å². The highest BCUT2D eigenvalue weighted by Crippen LogP contribution is 2.25. The predicted octanol–water partition coefficient (Wildman–Crippen LogP) is 3.41. The molecule has 0 atom stereocenters. The van der Waals surface area contributed by atoms with Gasteiger partial charge in [-0.25, -0.2) is 9.97 Å². The molecule has 0 radical (unpaired) electrons.